The van der Waals surface area contributed by atoms with E-state index in [0.717, 1.165) is 25.1 Å². The summed E-state index contributed by atoms with van der Waals surface area (Å²) in [4.78, 5) is 6.49. The minimum Gasteiger partial charge on any atom is -0.370 e. The van der Waals surface area contributed by atoms with Gasteiger partial charge in [0.2, 0.25) is 0 Å². The molecule has 1 aliphatic rings. The van der Waals surface area contributed by atoms with E-state index < -0.39 is 0 Å². The molecule has 98 valence electrons. The number of halogens is 1. The highest BCUT2D eigenvalue weighted by molar-refractivity contribution is 5.78. The second kappa shape index (κ2) is 5.38. The molecule has 1 aromatic carbocycles. The van der Waals surface area contributed by atoms with Crippen LogP contribution in [0.1, 0.15) is 31.7 Å². The first-order valence-electron chi connectivity index (χ1n) is 6.50. The molecule has 3 nitrogen and oxygen atoms in total. The Morgan fingerprint density at radius 2 is 2.06 bits per heavy atom. The molecule has 0 bridgehead atoms. The van der Waals surface area contributed by atoms with E-state index in [0.29, 0.717) is 5.96 Å². The Labute approximate surface area is 108 Å². The number of aliphatic imine (C=N–C) groups is 1. The van der Waals surface area contributed by atoms with E-state index in [2.05, 4.69) is 4.99 Å². The van der Waals surface area contributed by atoms with Crippen LogP contribution in [0.3, 0.4) is 0 Å². The minimum absolute atomic E-state index is 0.137. The zero-order chi connectivity index (χ0) is 13.1. The zero-order valence-corrected chi connectivity index (χ0v) is 10.9. The van der Waals surface area contributed by atoms with Gasteiger partial charge in [-0.1, -0.05) is 18.2 Å². The largest absolute Gasteiger partial charge is 0.370 e. The summed E-state index contributed by atoms with van der Waals surface area (Å²) in [6.45, 7) is 5.80. The highest BCUT2D eigenvalue weighted by atomic mass is 19.1. The van der Waals surface area contributed by atoms with E-state index in [4.69, 9.17) is 5.73 Å². The number of rotatable bonds is 4. The van der Waals surface area contributed by atoms with Crippen LogP contribution in [-0.4, -0.2) is 30.0 Å². The van der Waals surface area contributed by atoms with Gasteiger partial charge in [-0.25, -0.2) is 9.38 Å². The van der Waals surface area contributed by atoms with E-state index in [1.807, 2.05) is 30.9 Å². The smallest absolute Gasteiger partial charge is 0.191 e. The van der Waals surface area contributed by atoms with Crippen molar-refractivity contribution in [3.63, 3.8) is 0 Å². The molecule has 1 saturated carbocycles. The first-order chi connectivity index (χ1) is 8.67. The summed E-state index contributed by atoms with van der Waals surface area (Å²) in [6, 6.07) is 7.06. The van der Waals surface area contributed by atoms with Gasteiger partial charge in [-0.3, -0.25) is 0 Å². The molecular weight excluding hydrogens is 229 g/mol. The summed E-state index contributed by atoms with van der Waals surface area (Å²) in [6.07, 6.45) is 0.892. The van der Waals surface area contributed by atoms with Crippen LogP contribution in [0.5, 0.6) is 0 Å². The second-order valence-electron chi connectivity index (χ2n) is 4.59. The summed E-state index contributed by atoms with van der Waals surface area (Å²) < 4.78 is 13.6. The topological polar surface area (TPSA) is 41.6 Å². The summed E-state index contributed by atoms with van der Waals surface area (Å²) in [5, 5.41) is 0. The molecule has 0 spiro atoms. The Hall–Kier alpha value is -1.58. The van der Waals surface area contributed by atoms with Crippen LogP contribution in [0.25, 0.3) is 0 Å². The molecule has 1 aromatic rings. The van der Waals surface area contributed by atoms with Gasteiger partial charge in [0.15, 0.2) is 5.96 Å². The van der Waals surface area contributed by atoms with Crippen molar-refractivity contribution in [3.8, 4) is 0 Å². The van der Waals surface area contributed by atoms with Gasteiger partial charge in [-0.2, -0.15) is 0 Å². The lowest BCUT2D eigenvalue weighted by atomic mass is 10.1. The first-order valence-corrected chi connectivity index (χ1v) is 6.50. The average Bonchev–Trinajstić information content (AvgIpc) is 3.10. The molecule has 0 aliphatic heterocycles. The monoisotopic (exact) mass is 249 g/mol. The molecule has 2 unspecified atom stereocenters. The Balaban J connectivity index is 2.04. The average molecular weight is 249 g/mol. The molecule has 0 amide bonds. The van der Waals surface area contributed by atoms with Crippen LogP contribution in [0.15, 0.2) is 29.3 Å². The zero-order valence-electron chi connectivity index (χ0n) is 10.9. The van der Waals surface area contributed by atoms with Gasteiger partial charge in [0.25, 0.3) is 0 Å². The maximum absolute atomic E-state index is 13.6. The van der Waals surface area contributed by atoms with E-state index in [1.165, 1.54) is 6.07 Å². The second-order valence-corrected chi connectivity index (χ2v) is 4.59. The maximum Gasteiger partial charge on any atom is 0.191 e. The highest BCUT2D eigenvalue weighted by Gasteiger charge is 2.40. The predicted molar refractivity (Wildman–Crippen MR) is 72.1 cm³/mol. The number of nitrogens with zero attached hydrogens (tertiary/aromatic N) is 2. The summed E-state index contributed by atoms with van der Waals surface area (Å²) in [5.74, 6) is 0.630. The van der Waals surface area contributed by atoms with Crippen molar-refractivity contribution < 1.29 is 4.39 Å². The van der Waals surface area contributed by atoms with Crippen molar-refractivity contribution in [2.24, 2.45) is 10.7 Å². The van der Waals surface area contributed by atoms with Gasteiger partial charge in [0.1, 0.15) is 5.82 Å². The number of hydrogen-bond acceptors (Lipinski definition) is 1. The standard InChI is InChI=1S/C14H20FN3/c1-3-18(4-2)14(16)17-13-9-11(13)10-7-5-6-8-12(10)15/h5-8,11,13H,3-4,9H2,1-2H3,(H2,16,17). The minimum atomic E-state index is -0.137. The Morgan fingerprint density at radius 1 is 1.39 bits per heavy atom. The van der Waals surface area contributed by atoms with Crippen molar-refractivity contribution in [2.45, 2.75) is 32.2 Å². The number of hydrogen-bond donors (Lipinski definition) is 1. The molecule has 1 fully saturated rings. The molecule has 18 heavy (non-hydrogen) atoms. The van der Waals surface area contributed by atoms with Crippen LogP contribution < -0.4 is 5.73 Å². The Bertz CT molecular complexity index is 440. The molecule has 0 saturated heterocycles. The fourth-order valence-corrected chi connectivity index (χ4v) is 2.23. The number of benzene rings is 1. The molecule has 1 aliphatic carbocycles. The highest BCUT2D eigenvalue weighted by Crippen LogP contribution is 2.44. The number of guanidine groups is 1. The third-order valence-electron chi connectivity index (χ3n) is 3.45. The normalized spacial score (nSPS) is 22.9. The molecule has 2 N–H and O–H groups in total. The van der Waals surface area contributed by atoms with Gasteiger partial charge in [0, 0.05) is 19.0 Å². The number of nitrogens with two attached hydrogens (primary N) is 1. The van der Waals surface area contributed by atoms with Crippen LogP contribution in [-0.2, 0) is 0 Å². The Kier molecular flexibility index (Phi) is 3.84. The van der Waals surface area contributed by atoms with Crippen LogP contribution in [0.4, 0.5) is 4.39 Å². The predicted octanol–water partition coefficient (Wildman–Crippen LogP) is 2.34. The molecule has 2 rings (SSSR count). The van der Waals surface area contributed by atoms with Crippen LogP contribution >= 0.6 is 0 Å². The molecular formula is C14H20FN3. The SMILES string of the molecule is CCN(CC)C(N)=NC1CC1c1ccccc1F. The van der Waals surface area contributed by atoms with Gasteiger partial charge in [-0.15, -0.1) is 0 Å². The third kappa shape index (κ3) is 2.63. The van der Waals surface area contributed by atoms with Gasteiger partial charge < -0.3 is 10.6 Å². The lowest BCUT2D eigenvalue weighted by Gasteiger charge is -2.19. The van der Waals surface area contributed by atoms with Crippen molar-refractivity contribution in [1.29, 1.82) is 0 Å². The molecule has 4 heteroatoms. The summed E-state index contributed by atoms with van der Waals surface area (Å²) >= 11 is 0. The molecule has 2 atom stereocenters. The first kappa shape index (κ1) is 12.9. The van der Waals surface area contributed by atoms with Crippen molar-refractivity contribution in [1.82, 2.24) is 4.90 Å². The van der Waals surface area contributed by atoms with E-state index in [-0.39, 0.29) is 17.8 Å². The lowest BCUT2D eigenvalue weighted by molar-refractivity contribution is 0.458. The quantitative estimate of drug-likeness (QED) is 0.657. The Morgan fingerprint density at radius 3 is 2.67 bits per heavy atom. The van der Waals surface area contributed by atoms with Gasteiger partial charge in [-0.05, 0) is 31.9 Å². The third-order valence-corrected chi connectivity index (χ3v) is 3.45. The van der Waals surface area contributed by atoms with Gasteiger partial charge in [0.05, 0.1) is 6.04 Å². The maximum atomic E-state index is 13.6. The lowest BCUT2D eigenvalue weighted by Crippen LogP contribution is -2.37. The fraction of sp³-hybridized carbons (Fsp3) is 0.500. The van der Waals surface area contributed by atoms with E-state index in [9.17, 15) is 4.39 Å². The fourth-order valence-electron chi connectivity index (χ4n) is 2.23. The van der Waals surface area contributed by atoms with Gasteiger partial charge >= 0.3 is 0 Å². The summed E-state index contributed by atoms with van der Waals surface area (Å²) in [5.41, 5.74) is 6.70. The van der Waals surface area contributed by atoms with Crippen LogP contribution in [0, 0.1) is 5.82 Å². The van der Waals surface area contributed by atoms with E-state index in [1.54, 1.807) is 6.07 Å². The van der Waals surface area contributed by atoms with Crippen molar-refractivity contribution in [3.05, 3.63) is 35.6 Å². The van der Waals surface area contributed by atoms with Crippen LogP contribution in [0.2, 0.25) is 0 Å². The molecule has 0 aromatic heterocycles. The molecule has 0 heterocycles. The molecule has 0 radical (unpaired) electrons. The van der Waals surface area contributed by atoms with E-state index >= 15 is 0 Å². The van der Waals surface area contributed by atoms with Crippen molar-refractivity contribution in [2.75, 3.05) is 13.1 Å². The summed E-state index contributed by atoms with van der Waals surface area (Å²) in [7, 11) is 0. The van der Waals surface area contributed by atoms with Crippen molar-refractivity contribution >= 4 is 5.96 Å².